The zero-order chi connectivity index (χ0) is 4.24. The van der Waals surface area contributed by atoms with Crippen molar-refractivity contribution in [3.05, 3.63) is 30.6 Å². The van der Waals surface area contributed by atoms with Crippen molar-refractivity contribution >= 4 is 0 Å². The van der Waals surface area contributed by atoms with E-state index >= 15 is 0 Å². The van der Waals surface area contributed by atoms with Crippen molar-refractivity contribution in [3.63, 3.8) is 0 Å². The summed E-state index contributed by atoms with van der Waals surface area (Å²) >= 11 is 0. The van der Waals surface area contributed by atoms with Crippen LogP contribution >= 0.6 is 0 Å². The van der Waals surface area contributed by atoms with Crippen LogP contribution in [0.4, 0.5) is 0 Å². The molecule has 0 N–H and O–H groups in total. The molecule has 0 aliphatic rings. The Morgan fingerprint density at radius 3 is 1.86 bits per heavy atom. The smallest absolute Gasteiger partial charge is 0.391 e. The van der Waals surface area contributed by atoms with Crippen LogP contribution in [0.1, 0.15) is 0 Å². The van der Waals surface area contributed by atoms with E-state index in [9.17, 15) is 0 Å². The number of pyridine rings is 1. The molecule has 0 aliphatic heterocycles. The van der Waals surface area contributed by atoms with Crippen molar-refractivity contribution in [2.45, 2.75) is 0 Å². The van der Waals surface area contributed by atoms with Crippen molar-refractivity contribution in [3.8, 4) is 0 Å². The molecule has 0 fully saturated rings. The summed E-state index contributed by atoms with van der Waals surface area (Å²) in [6.07, 6.45) is 3.39. The summed E-state index contributed by atoms with van der Waals surface area (Å²) in [5.74, 6) is 0. The van der Waals surface area contributed by atoms with Crippen LogP contribution in [0.3, 0.4) is 0 Å². The number of hydrogen-bond donors (Lipinski definition) is 0. The molecule has 1 aromatic rings. The molecule has 1 heterocycles. The first-order valence-corrected chi connectivity index (χ1v) is 1.76. The molecule has 0 aliphatic carbocycles. The van der Waals surface area contributed by atoms with E-state index < -0.39 is 0 Å². The van der Waals surface area contributed by atoms with Crippen molar-refractivity contribution in [1.82, 2.24) is 4.98 Å². The van der Waals surface area contributed by atoms with Gasteiger partial charge in [-0.25, -0.2) is 0 Å². The van der Waals surface area contributed by atoms with Gasteiger partial charge < -0.3 is 4.98 Å². The first kappa shape index (κ1) is 6.89. The fraction of sp³-hybridized carbons (Fsp3) is 0. The molecule has 1 aromatic heterocycles. The monoisotopic (exact) mass is 275 g/mol. The van der Waals surface area contributed by atoms with Crippen LogP contribution in [-0.4, -0.2) is 4.98 Å². The Morgan fingerprint density at radius 1 is 1.14 bits per heavy atom. The minimum absolute atomic E-state index is 0. The Bertz CT molecular complexity index is 80.0. The zero-order valence-electron chi connectivity index (χ0n) is 3.56. The summed E-state index contributed by atoms with van der Waals surface area (Å²) in [7, 11) is 0. The molecule has 1 nitrogen and oxygen atoms in total. The second-order valence-electron chi connectivity index (χ2n) is 0.947. The van der Waals surface area contributed by atoms with Crippen LogP contribution in [0.2, 0.25) is 0 Å². The fourth-order valence-corrected chi connectivity index (χ4v) is 0.277. The largest absolute Gasteiger partial charge is 1.00 e. The Kier molecular flexibility index (Phi) is 4.00. The zero-order valence-corrected chi connectivity index (χ0v) is 5.72. The summed E-state index contributed by atoms with van der Waals surface area (Å²) < 4.78 is 0. The van der Waals surface area contributed by atoms with Gasteiger partial charge in [-0.3, -0.25) is 0 Å². The van der Waals surface area contributed by atoms with Gasteiger partial charge in [0.1, 0.15) is 0 Å². The van der Waals surface area contributed by atoms with Gasteiger partial charge in [0.15, 0.2) is 0 Å². The third kappa shape index (κ3) is 2.57. The normalized spacial score (nSPS) is 6.86. The van der Waals surface area contributed by atoms with Crippen molar-refractivity contribution < 1.29 is 22.4 Å². The van der Waals surface area contributed by atoms with E-state index in [1.807, 2.05) is 0 Å². The SMILES string of the molecule is [Au+].[c-]1ccncc1. The van der Waals surface area contributed by atoms with Crippen molar-refractivity contribution in [2.24, 2.45) is 0 Å². The van der Waals surface area contributed by atoms with Crippen LogP contribution in [0.25, 0.3) is 0 Å². The van der Waals surface area contributed by atoms with Gasteiger partial charge in [-0.2, -0.15) is 18.2 Å². The van der Waals surface area contributed by atoms with Crippen LogP contribution in [-0.2, 0) is 22.4 Å². The Balaban J connectivity index is 0.000000360. The van der Waals surface area contributed by atoms with E-state index in [-0.39, 0.29) is 22.4 Å². The molecule has 40 valence electrons. The first-order valence-electron chi connectivity index (χ1n) is 1.76. The summed E-state index contributed by atoms with van der Waals surface area (Å²) in [6.45, 7) is 0. The van der Waals surface area contributed by atoms with Gasteiger partial charge >= 0.3 is 22.4 Å². The third-order valence-electron chi connectivity index (χ3n) is 0.514. The van der Waals surface area contributed by atoms with Crippen molar-refractivity contribution in [2.75, 3.05) is 0 Å². The van der Waals surface area contributed by atoms with E-state index in [4.69, 9.17) is 0 Å². The molecule has 0 unspecified atom stereocenters. The fourth-order valence-electron chi connectivity index (χ4n) is 0.277. The van der Waals surface area contributed by atoms with Gasteiger partial charge in [0.05, 0.1) is 0 Å². The molecular formula is C5H4AuN. The van der Waals surface area contributed by atoms with Crippen LogP contribution < -0.4 is 0 Å². The van der Waals surface area contributed by atoms with Gasteiger partial charge in [0.2, 0.25) is 0 Å². The average Bonchev–Trinajstić information content (AvgIpc) is 1.72. The van der Waals surface area contributed by atoms with Gasteiger partial charge in [-0.15, -0.1) is 0 Å². The quantitative estimate of drug-likeness (QED) is 0.506. The van der Waals surface area contributed by atoms with Gasteiger partial charge in [0, 0.05) is 0 Å². The molecule has 7 heavy (non-hydrogen) atoms. The Hall–Kier alpha value is -0.110. The predicted octanol–water partition coefficient (Wildman–Crippen LogP) is 0.879. The van der Waals surface area contributed by atoms with Gasteiger partial charge in [-0.1, -0.05) is 12.4 Å². The third-order valence-corrected chi connectivity index (χ3v) is 0.514. The Labute approximate surface area is 58.3 Å². The predicted molar refractivity (Wildman–Crippen MR) is 23.1 cm³/mol. The standard InChI is InChI=1S/C5H4N.Au/c1-2-4-6-5-3-1;/h2-5H;/q-1;+1. The number of aromatic nitrogens is 1. The topological polar surface area (TPSA) is 12.9 Å². The van der Waals surface area contributed by atoms with Gasteiger partial charge in [-0.05, 0) is 0 Å². The van der Waals surface area contributed by atoms with E-state index in [2.05, 4.69) is 11.1 Å². The maximum Gasteiger partial charge on any atom is 1.00 e. The first-order chi connectivity index (χ1) is 3.00. The molecule has 0 saturated heterocycles. The maximum atomic E-state index is 3.75. The number of hydrogen-bond acceptors (Lipinski definition) is 1. The van der Waals surface area contributed by atoms with E-state index in [1.165, 1.54) is 0 Å². The second kappa shape index (κ2) is 4.06. The van der Waals surface area contributed by atoms with Gasteiger partial charge in [0.25, 0.3) is 0 Å². The minimum Gasteiger partial charge on any atom is -0.391 e. The molecule has 0 amide bonds. The summed E-state index contributed by atoms with van der Waals surface area (Å²) in [4.78, 5) is 3.75. The maximum absolute atomic E-state index is 3.75. The molecule has 1 rings (SSSR count). The van der Waals surface area contributed by atoms with Crippen molar-refractivity contribution in [1.29, 1.82) is 0 Å². The number of rotatable bonds is 0. The molecule has 0 radical (unpaired) electrons. The molecule has 0 saturated carbocycles. The summed E-state index contributed by atoms with van der Waals surface area (Å²) in [5.41, 5.74) is 0. The molecule has 0 spiro atoms. The molecular weight excluding hydrogens is 271 g/mol. The average molecular weight is 275 g/mol. The van der Waals surface area contributed by atoms with Crippen LogP contribution in [0.15, 0.2) is 24.5 Å². The van der Waals surface area contributed by atoms with Crippen LogP contribution in [0.5, 0.6) is 0 Å². The summed E-state index contributed by atoms with van der Waals surface area (Å²) in [5, 5.41) is 0. The molecule has 0 bridgehead atoms. The number of nitrogens with zero attached hydrogens (tertiary/aromatic N) is 1. The second-order valence-corrected chi connectivity index (χ2v) is 0.947. The molecule has 2 heteroatoms. The van der Waals surface area contributed by atoms with E-state index in [1.54, 1.807) is 24.5 Å². The molecule has 0 atom stereocenters. The summed E-state index contributed by atoms with van der Waals surface area (Å²) in [6, 6.07) is 6.36. The Morgan fingerprint density at radius 2 is 1.71 bits per heavy atom. The van der Waals surface area contributed by atoms with Crippen LogP contribution in [0, 0.1) is 6.07 Å². The van der Waals surface area contributed by atoms with E-state index in [0.29, 0.717) is 0 Å². The minimum atomic E-state index is 0. The molecule has 0 aromatic carbocycles. The van der Waals surface area contributed by atoms with E-state index in [0.717, 1.165) is 0 Å².